The smallest absolute Gasteiger partial charge is 0.120 e. The lowest BCUT2D eigenvalue weighted by Gasteiger charge is -2.28. The number of ether oxygens (including phenoxy) is 1. The fourth-order valence-corrected chi connectivity index (χ4v) is 3.09. The molecule has 2 saturated heterocycles. The molecule has 0 saturated carbocycles. The maximum atomic E-state index is 5.95. The molecule has 2 heterocycles. The summed E-state index contributed by atoms with van der Waals surface area (Å²) in [6.45, 7) is 3.42. The zero-order valence-corrected chi connectivity index (χ0v) is 11.1. The average Bonchev–Trinajstić information content (AvgIpc) is 2.73. The number of nitrogens with one attached hydrogen (secondary N) is 1. The monoisotopic (exact) mass is 249 g/mol. The normalized spacial score (nSPS) is 29.0. The summed E-state index contributed by atoms with van der Waals surface area (Å²) in [7, 11) is 0. The van der Waals surface area contributed by atoms with Gasteiger partial charge in [-0.05, 0) is 44.0 Å². The van der Waals surface area contributed by atoms with Gasteiger partial charge in [0.05, 0.1) is 0 Å². The average molecular weight is 249 g/mol. The van der Waals surface area contributed by atoms with Crippen LogP contribution in [0.15, 0.2) is 24.3 Å². The Balaban J connectivity index is 1.78. The van der Waals surface area contributed by atoms with Crippen molar-refractivity contribution >= 4 is 11.8 Å². The van der Waals surface area contributed by atoms with Crippen LogP contribution in [0.4, 0.5) is 0 Å². The van der Waals surface area contributed by atoms with E-state index < -0.39 is 0 Å². The van der Waals surface area contributed by atoms with Crippen molar-refractivity contribution in [2.45, 2.75) is 31.4 Å². The molecule has 1 atom stereocenters. The molecule has 92 valence electrons. The van der Waals surface area contributed by atoms with Crippen LogP contribution in [0.5, 0.6) is 5.75 Å². The minimum atomic E-state index is 0.147. The van der Waals surface area contributed by atoms with Crippen LogP contribution in [0.25, 0.3) is 0 Å². The lowest BCUT2D eigenvalue weighted by Crippen LogP contribution is -2.33. The highest BCUT2D eigenvalue weighted by Gasteiger charge is 2.30. The zero-order valence-electron chi connectivity index (χ0n) is 10.2. The predicted octanol–water partition coefficient (Wildman–Crippen LogP) is 2.78. The molecule has 0 amide bonds. The van der Waals surface area contributed by atoms with E-state index >= 15 is 0 Å². The molecule has 2 aliphatic heterocycles. The lowest BCUT2D eigenvalue weighted by molar-refractivity contribution is 0.239. The summed E-state index contributed by atoms with van der Waals surface area (Å²) in [6, 6.07) is 8.61. The molecule has 2 aliphatic rings. The molecule has 0 aliphatic carbocycles. The Morgan fingerprint density at radius 3 is 2.94 bits per heavy atom. The molecule has 0 spiro atoms. The number of hydrogen-bond acceptors (Lipinski definition) is 3. The molecule has 1 aromatic carbocycles. The van der Waals surface area contributed by atoms with E-state index in [4.69, 9.17) is 4.74 Å². The Morgan fingerprint density at radius 2 is 2.29 bits per heavy atom. The third-order valence-electron chi connectivity index (χ3n) is 3.75. The molecule has 1 N–H and O–H groups in total. The van der Waals surface area contributed by atoms with Crippen LogP contribution in [0.2, 0.25) is 0 Å². The van der Waals surface area contributed by atoms with Gasteiger partial charge < -0.3 is 10.1 Å². The van der Waals surface area contributed by atoms with E-state index in [1.807, 2.05) is 11.8 Å². The molecule has 3 heteroatoms. The molecule has 0 aromatic heterocycles. The first-order valence-corrected chi connectivity index (χ1v) is 7.52. The van der Waals surface area contributed by atoms with Crippen molar-refractivity contribution < 1.29 is 4.74 Å². The number of hydrogen-bond donors (Lipinski definition) is 1. The van der Waals surface area contributed by atoms with E-state index in [1.165, 1.54) is 18.4 Å². The topological polar surface area (TPSA) is 21.3 Å². The second-order valence-electron chi connectivity index (χ2n) is 5.17. The van der Waals surface area contributed by atoms with Crippen LogP contribution >= 0.6 is 11.8 Å². The van der Waals surface area contributed by atoms with Gasteiger partial charge in [0.15, 0.2) is 0 Å². The van der Waals surface area contributed by atoms with E-state index in [0.29, 0.717) is 6.10 Å². The maximum absolute atomic E-state index is 5.95. The summed E-state index contributed by atoms with van der Waals surface area (Å²) in [5.74, 6) is 3.31. The Bertz CT molecular complexity index is 397. The first kappa shape index (κ1) is 11.4. The molecule has 1 unspecified atom stereocenters. The molecule has 1 aromatic rings. The van der Waals surface area contributed by atoms with Crippen LogP contribution in [0.1, 0.15) is 25.3 Å². The molecule has 0 radical (unpaired) electrons. The minimum absolute atomic E-state index is 0.147. The first-order valence-electron chi connectivity index (χ1n) is 6.36. The Kier molecular flexibility index (Phi) is 3.05. The van der Waals surface area contributed by atoms with E-state index in [9.17, 15) is 0 Å². The van der Waals surface area contributed by atoms with E-state index in [-0.39, 0.29) is 5.54 Å². The van der Waals surface area contributed by atoms with Crippen molar-refractivity contribution in [3.05, 3.63) is 29.8 Å². The van der Waals surface area contributed by atoms with Crippen molar-refractivity contribution in [1.29, 1.82) is 0 Å². The van der Waals surface area contributed by atoms with Crippen molar-refractivity contribution in [2.75, 3.05) is 18.1 Å². The maximum Gasteiger partial charge on any atom is 0.120 e. The summed E-state index contributed by atoms with van der Waals surface area (Å²) in [5.41, 5.74) is 1.51. The summed E-state index contributed by atoms with van der Waals surface area (Å²) >= 11 is 1.96. The minimum Gasteiger partial charge on any atom is -0.489 e. The zero-order chi connectivity index (χ0) is 11.7. The van der Waals surface area contributed by atoms with Gasteiger partial charge in [-0.2, -0.15) is 11.8 Å². The van der Waals surface area contributed by atoms with Gasteiger partial charge in [-0.15, -0.1) is 0 Å². The second-order valence-corrected chi connectivity index (χ2v) is 6.24. The Labute approximate surface area is 107 Å². The van der Waals surface area contributed by atoms with E-state index in [1.54, 1.807) is 0 Å². The molecule has 3 rings (SSSR count). The number of rotatable bonds is 3. The van der Waals surface area contributed by atoms with Crippen LogP contribution in [0, 0.1) is 0 Å². The standard InChI is InChI=1S/C14H19NOS/c1-14(6-3-7-15-14)11-4-2-5-12(8-11)16-13-9-17-10-13/h2,4-5,8,13,15H,3,6-7,9-10H2,1H3. The van der Waals surface area contributed by atoms with Gasteiger partial charge in [-0.3, -0.25) is 0 Å². The first-order chi connectivity index (χ1) is 8.26. The van der Waals surface area contributed by atoms with Gasteiger partial charge in [-0.25, -0.2) is 0 Å². The molecule has 2 fully saturated rings. The van der Waals surface area contributed by atoms with Crippen molar-refractivity contribution in [2.24, 2.45) is 0 Å². The molecule has 17 heavy (non-hydrogen) atoms. The third kappa shape index (κ3) is 2.31. The highest BCUT2D eigenvalue weighted by molar-refractivity contribution is 8.00. The summed E-state index contributed by atoms with van der Waals surface area (Å²) in [6.07, 6.45) is 2.91. The van der Waals surface area contributed by atoms with Crippen LogP contribution < -0.4 is 10.1 Å². The van der Waals surface area contributed by atoms with Crippen molar-refractivity contribution in [1.82, 2.24) is 5.32 Å². The van der Waals surface area contributed by atoms with Crippen LogP contribution in [0.3, 0.4) is 0 Å². The Morgan fingerprint density at radius 1 is 1.41 bits per heavy atom. The van der Waals surface area contributed by atoms with Gasteiger partial charge in [0.25, 0.3) is 0 Å². The van der Waals surface area contributed by atoms with E-state index in [0.717, 1.165) is 23.8 Å². The summed E-state index contributed by atoms with van der Waals surface area (Å²) in [4.78, 5) is 0. The number of thioether (sulfide) groups is 1. The van der Waals surface area contributed by atoms with Gasteiger partial charge in [0.2, 0.25) is 0 Å². The largest absolute Gasteiger partial charge is 0.489 e. The highest BCUT2D eigenvalue weighted by Crippen LogP contribution is 2.33. The van der Waals surface area contributed by atoms with Gasteiger partial charge >= 0.3 is 0 Å². The van der Waals surface area contributed by atoms with Gasteiger partial charge in [0, 0.05) is 17.0 Å². The molecular weight excluding hydrogens is 230 g/mol. The van der Waals surface area contributed by atoms with Crippen LogP contribution in [-0.2, 0) is 5.54 Å². The number of benzene rings is 1. The quantitative estimate of drug-likeness (QED) is 0.890. The molecule has 0 bridgehead atoms. The Hall–Kier alpha value is -0.670. The second kappa shape index (κ2) is 4.54. The van der Waals surface area contributed by atoms with Crippen LogP contribution in [-0.4, -0.2) is 24.2 Å². The van der Waals surface area contributed by atoms with Gasteiger partial charge in [-0.1, -0.05) is 12.1 Å². The summed E-state index contributed by atoms with van der Waals surface area (Å²) < 4.78 is 5.95. The predicted molar refractivity (Wildman–Crippen MR) is 72.8 cm³/mol. The lowest BCUT2D eigenvalue weighted by atomic mass is 9.90. The molecular formula is C14H19NOS. The summed E-state index contributed by atoms with van der Waals surface area (Å²) in [5, 5.41) is 3.60. The highest BCUT2D eigenvalue weighted by atomic mass is 32.2. The van der Waals surface area contributed by atoms with Gasteiger partial charge in [0.1, 0.15) is 11.9 Å². The molecule has 2 nitrogen and oxygen atoms in total. The van der Waals surface area contributed by atoms with Crippen molar-refractivity contribution in [3.8, 4) is 5.75 Å². The fraction of sp³-hybridized carbons (Fsp3) is 0.571. The van der Waals surface area contributed by atoms with E-state index in [2.05, 4.69) is 36.5 Å². The SMILES string of the molecule is CC1(c2cccc(OC3CSC3)c2)CCCN1. The fourth-order valence-electron chi connectivity index (χ4n) is 2.53. The van der Waals surface area contributed by atoms with Crippen molar-refractivity contribution in [3.63, 3.8) is 0 Å². The third-order valence-corrected chi connectivity index (χ3v) is 4.97.